The fraction of sp³-hybridized carbons (Fsp3) is 0.0909. The zero-order valence-corrected chi connectivity index (χ0v) is 9.41. The van der Waals surface area contributed by atoms with Crippen LogP contribution in [0.1, 0.15) is 5.56 Å². The van der Waals surface area contributed by atoms with Crippen molar-refractivity contribution in [2.75, 3.05) is 0 Å². The molecule has 5 heteroatoms. The van der Waals surface area contributed by atoms with Gasteiger partial charge in [-0.3, -0.25) is 0 Å². The minimum absolute atomic E-state index is 0.311. The summed E-state index contributed by atoms with van der Waals surface area (Å²) < 4.78 is 38.4. The van der Waals surface area contributed by atoms with Crippen molar-refractivity contribution in [1.29, 1.82) is 0 Å². The van der Waals surface area contributed by atoms with Crippen molar-refractivity contribution >= 4 is 10.0 Å². The van der Waals surface area contributed by atoms with Crippen LogP contribution in [0.2, 0.25) is 0 Å². The Morgan fingerprint density at radius 2 is 1.81 bits per heavy atom. The molecule has 1 aromatic heterocycles. The van der Waals surface area contributed by atoms with Gasteiger partial charge < -0.3 is 0 Å². The molecular weight excluding hydrogens is 229 g/mol. The van der Waals surface area contributed by atoms with Gasteiger partial charge >= 0.3 is 0 Å². The second kappa shape index (κ2) is 3.75. The molecule has 16 heavy (non-hydrogen) atoms. The predicted octanol–water partition coefficient (Wildman–Crippen LogP) is 2.17. The Kier molecular flexibility index (Phi) is 2.55. The normalized spacial score (nSPS) is 11.6. The highest BCUT2D eigenvalue weighted by Gasteiger charge is 2.19. The summed E-state index contributed by atoms with van der Waals surface area (Å²) >= 11 is 0. The van der Waals surface area contributed by atoms with Crippen molar-refractivity contribution in [3.8, 4) is 0 Å². The molecule has 1 aromatic carbocycles. The molecule has 84 valence electrons. The Morgan fingerprint density at radius 1 is 1.19 bits per heavy atom. The lowest BCUT2D eigenvalue weighted by molar-refractivity contribution is 0.560. The van der Waals surface area contributed by atoms with Crippen LogP contribution >= 0.6 is 0 Å². The topological polar surface area (TPSA) is 39.1 Å². The van der Waals surface area contributed by atoms with Gasteiger partial charge in [0.1, 0.15) is 10.7 Å². The highest BCUT2D eigenvalue weighted by atomic mass is 32.2. The average Bonchev–Trinajstić information content (AvgIpc) is 2.69. The molecule has 0 unspecified atom stereocenters. The summed E-state index contributed by atoms with van der Waals surface area (Å²) in [5.74, 6) is -0.728. The maximum atomic E-state index is 13.5. The molecule has 0 amide bonds. The number of rotatable bonds is 2. The molecule has 0 N–H and O–H groups in total. The molecule has 0 saturated heterocycles. The Bertz CT molecular complexity index is 603. The number of hydrogen-bond acceptors (Lipinski definition) is 2. The highest BCUT2D eigenvalue weighted by molar-refractivity contribution is 7.90. The van der Waals surface area contributed by atoms with Gasteiger partial charge in [-0.1, -0.05) is 6.07 Å². The van der Waals surface area contributed by atoms with Gasteiger partial charge in [-0.15, -0.1) is 0 Å². The summed E-state index contributed by atoms with van der Waals surface area (Å²) in [7, 11) is -3.80. The molecule has 0 saturated carbocycles. The Labute approximate surface area is 93.2 Å². The van der Waals surface area contributed by atoms with Crippen LogP contribution in [0, 0.1) is 12.7 Å². The minimum atomic E-state index is -3.80. The third kappa shape index (κ3) is 1.74. The maximum Gasteiger partial charge on any atom is 0.270 e. The van der Waals surface area contributed by atoms with Crippen LogP contribution < -0.4 is 0 Å². The van der Waals surface area contributed by atoms with E-state index in [0.29, 0.717) is 5.56 Å². The number of hydrogen-bond donors (Lipinski definition) is 0. The SMILES string of the molecule is Cc1ccc(S(=O)(=O)n2cccc2)c(F)c1. The molecule has 0 spiro atoms. The lowest BCUT2D eigenvalue weighted by Crippen LogP contribution is -2.12. The molecular formula is C11H10FNO2S. The molecule has 0 bridgehead atoms. The Morgan fingerprint density at radius 3 is 2.38 bits per heavy atom. The number of aromatic nitrogens is 1. The molecule has 0 fully saturated rings. The fourth-order valence-corrected chi connectivity index (χ4v) is 2.64. The number of halogens is 1. The average molecular weight is 239 g/mol. The van der Waals surface area contributed by atoms with Crippen LogP contribution in [0.15, 0.2) is 47.6 Å². The van der Waals surface area contributed by atoms with Crippen molar-refractivity contribution in [2.45, 2.75) is 11.8 Å². The smallest absolute Gasteiger partial charge is 0.249 e. The Balaban J connectivity index is 2.61. The molecule has 2 aromatic rings. The van der Waals surface area contributed by atoms with Crippen molar-refractivity contribution < 1.29 is 12.8 Å². The zero-order valence-electron chi connectivity index (χ0n) is 8.59. The van der Waals surface area contributed by atoms with Crippen LogP contribution in [-0.2, 0) is 10.0 Å². The van der Waals surface area contributed by atoms with Gasteiger partial charge in [0.15, 0.2) is 0 Å². The first-order chi connectivity index (χ1) is 7.51. The molecule has 2 rings (SSSR count). The summed E-state index contributed by atoms with van der Waals surface area (Å²) in [4.78, 5) is -0.311. The minimum Gasteiger partial charge on any atom is -0.249 e. The first kappa shape index (κ1) is 10.9. The lowest BCUT2D eigenvalue weighted by atomic mass is 10.2. The van der Waals surface area contributed by atoms with E-state index < -0.39 is 15.8 Å². The van der Waals surface area contributed by atoms with E-state index in [1.54, 1.807) is 25.1 Å². The van der Waals surface area contributed by atoms with Crippen molar-refractivity contribution in [3.05, 3.63) is 54.1 Å². The number of nitrogens with zero attached hydrogens (tertiary/aromatic N) is 1. The van der Waals surface area contributed by atoms with Crippen molar-refractivity contribution in [2.24, 2.45) is 0 Å². The van der Waals surface area contributed by atoms with E-state index in [4.69, 9.17) is 0 Å². The standard InChI is InChI=1S/C11H10FNO2S/c1-9-4-5-11(10(12)8-9)16(14,15)13-6-2-3-7-13/h2-8H,1H3. The van der Waals surface area contributed by atoms with Crippen LogP contribution in [0.4, 0.5) is 4.39 Å². The van der Waals surface area contributed by atoms with E-state index in [9.17, 15) is 12.8 Å². The van der Waals surface area contributed by atoms with Gasteiger partial charge in [0.05, 0.1) is 0 Å². The van der Waals surface area contributed by atoms with Crippen molar-refractivity contribution in [1.82, 2.24) is 3.97 Å². The molecule has 3 nitrogen and oxygen atoms in total. The maximum absolute atomic E-state index is 13.5. The van der Waals surface area contributed by atoms with Gasteiger partial charge in [0.2, 0.25) is 0 Å². The molecule has 0 atom stereocenters. The Hall–Kier alpha value is -1.62. The van der Waals surface area contributed by atoms with E-state index in [-0.39, 0.29) is 4.90 Å². The summed E-state index contributed by atoms with van der Waals surface area (Å²) in [5.41, 5.74) is 0.684. The van der Waals surface area contributed by atoms with E-state index in [2.05, 4.69) is 0 Å². The first-order valence-electron chi connectivity index (χ1n) is 4.66. The van der Waals surface area contributed by atoms with Gasteiger partial charge in [0, 0.05) is 12.4 Å². The van der Waals surface area contributed by atoms with Crippen LogP contribution in [0.3, 0.4) is 0 Å². The molecule has 0 radical (unpaired) electrons. The van der Waals surface area contributed by atoms with Crippen LogP contribution in [0.25, 0.3) is 0 Å². The fourth-order valence-electron chi connectivity index (χ4n) is 1.41. The van der Waals surface area contributed by atoms with E-state index in [0.717, 1.165) is 3.97 Å². The lowest BCUT2D eigenvalue weighted by Gasteiger charge is -2.06. The van der Waals surface area contributed by atoms with Gasteiger partial charge in [-0.25, -0.2) is 16.8 Å². The molecule has 0 aliphatic rings. The van der Waals surface area contributed by atoms with Crippen molar-refractivity contribution in [3.63, 3.8) is 0 Å². The summed E-state index contributed by atoms with van der Waals surface area (Å²) in [6.07, 6.45) is 2.74. The van der Waals surface area contributed by atoms with Gasteiger partial charge in [-0.2, -0.15) is 0 Å². The highest BCUT2D eigenvalue weighted by Crippen LogP contribution is 2.18. The van der Waals surface area contributed by atoms with Crippen LogP contribution in [0.5, 0.6) is 0 Å². The second-order valence-electron chi connectivity index (χ2n) is 3.45. The zero-order chi connectivity index (χ0) is 11.8. The first-order valence-corrected chi connectivity index (χ1v) is 6.10. The predicted molar refractivity (Wildman–Crippen MR) is 58.2 cm³/mol. The molecule has 0 aliphatic carbocycles. The summed E-state index contributed by atoms with van der Waals surface area (Å²) in [6, 6.07) is 7.20. The molecule has 1 heterocycles. The number of aryl methyl sites for hydroxylation is 1. The summed E-state index contributed by atoms with van der Waals surface area (Å²) in [5, 5.41) is 0. The molecule has 0 aliphatic heterocycles. The second-order valence-corrected chi connectivity index (χ2v) is 5.26. The number of benzene rings is 1. The van der Waals surface area contributed by atoms with E-state index in [1.807, 2.05) is 0 Å². The van der Waals surface area contributed by atoms with E-state index in [1.165, 1.54) is 24.5 Å². The third-order valence-corrected chi connectivity index (χ3v) is 3.91. The summed E-state index contributed by atoms with van der Waals surface area (Å²) in [6.45, 7) is 1.70. The third-order valence-electron chi connectivity index (χ3n) is 2.22. The largest absolute Gasteiger partial charge is 0.270 e. The van der Waals surface area contributed by atoms with Gasteiger partial charge in [0.25, 0.3) is 10.0 Å². The van der Waals surface area contributed by atoms with E-state index >= 15 is 0 Å². The quantitative estimate of drug-likeness (QED) is 0.805. The van der Waals surface area contributed by atoms with Gasteiger partial charge in [-0.05, 0) is 36.8 Å². The van der Waals surface area contributed by atoms with Crippen LogP contribution in [-0.4, -0.2) is 12.4 Å². The monoisotopic (exact) mass is 239 g/mol.